The van der Waals surface area contributed by atoms with Crippen molar-refractivity contribution < 1.29 is 9.53 Å². The zero-order chi connectivity index (χ0) is 15.9. The van der Waals surface area contributed by atoms with Crippen molar-refractivity contribution >= 4 is 5.97 Å². The molecular weight excluding hydrogens is 274 g/mol. The van der Waals surface area contributed by atoms with Crippen LogP contribution in [0, 0.1) is 5.92 Å². The Morgan fingerprint density at radius 2 is 1.86 bits per heavy atom. The van der Waals surface area contributed by atoms with Crippen molar-refractivity contribution in [2.24, 2.45) is 5.92 Å². The van der Waals surface area contributed by atoms with Gasteiger partial charge in [-0.15, -0.1) is 0 Å². The predicted octanol–water partition coefficient (Wildman–Crippen LogP) is 3.84. The van der Waals surface area contributed by atoms with Gasteiger partial charge in [-0.05, 0) is 45.2 Å². The fraction of sp³-hybridized carbons (Fsp3) is 0.632. The SMILES string of the molecule is CC(C)N(C)CCOC(=O)[C@@H](c1ccccc1)C1CCCC1. The molecule has 22 heavy (non-hydrogen) atoms. The first-order valence-corrected chi connectivity index (χ1v) is 8.51. The van der Waals surface area contributed by atoms with E-state index >= 15 is 0 Å². The summed E-state index contributed by atoms with van der Waals surface area (Å²) in [4.78, 5) is 14.8. The second kappa shape index (κ2) is 8.33. The standard InChI is InChI=1S/C19H29NO2/c1-15(2)20(3)13-14-22-19(21)18(17-11-7-8-12-17)16-9-5-4-6-10-16/h4-6,9-10,15,17-18H,7-8,11-14H2,1-3H3/t18-/m0/s1. The highest BCUT2D eigenvalue weighted by atomic mass is 16.5. The monoisotopic (exact) mass is 303 g/mol. The zero-order valence-corrected chi connectivity index (χ0v) is 14.1. The van der Waals surface area contributed by atoms with Gasteiger partial charge in [0.25, 0.3) is 0 Å². The van der Waals surface area contributed by atoms with Gasteiger partial charge in [0.1, 0.15) is 6.61 Å². The van der Waals surface area contributed by atoms with Crippen LogP contribution in [0.5, 0.6) is 0 Å². The third-order valence-electron chi connectivity index (χ3n) is 4.85. The molecule has 2 rings (SSSR count). The van der Waals surface area contributed by atoms with E-state index < -0.39 is 0 Å². The lowest BCUT2D eigenvalue weighted by atomic mass is 9.85. The smallest absolute Gasteiger partial charge is 0.313 e. The number of carbonyl (C=O) groups is 1. The third kappa shape index (κ3) is 4.57. The van der Waals surface area contributed by atoms with Crippen molar-refractivity contribution in [2.75, 3.05) is 20.2 Å². The molecule has 122 valence electrons. The predicted molar refractivity (Wildman–Crippen MR) is 89.9 cm³/mol. The second-order valence-electron chi connectivity index (χ2n) is 6.67. The van der Waals surface area contributed by atoms with Crippen molar-refractivity contribution in [1.82, 2.24) is 4.90 Å². The van der Waals surface area contributed by atoms with Gasteiger partial charge in [0, 0.05) is 12.6 Å². The molecule has 1 fully saturated rings. The molecule has 0 amide bonds. The first-order chi connectivity index (χ1) is 10.6. The van der Waals surface area contributed by atoms with Crippen LogP contribution in [0.1, 0.15) is 51.0 Å². The summed E-state index contributed by atoms with van der Waals surface area (Å²) in [6, 6.07) is 10.6. The minimum absolute atomic E-state index is 0.0461. The van der Waals surface area contributed by atoms with Gasteiger partial charge in [0.2, 0.25) is 0 Å². The van der Waals surface area contributed by atoms with Gasteiger partial charge in [-0.1, -0.05) is 43.2 Å². The molecule has 1 aliphatic carbocycles. The van der Waals surface area contributed by atoms with Crippen LogP contribution in [0.25, 0.3) is 0 Å². The van der Waals surface area contributed by atoms with E-state index in [2.05, 4.69) is 37.9 Å². The average Bonchev–Trinajstić information content (AvgIpc) is 3.02. The van der Waals surface area contributed by atoms with Gasteiger partial charge in [-0.25, -0.2) is 0 Å². The number of likely N-dealkylation sites (N-methyl/N-ethyl adjacent to an activating group) is 1. The molecule has 1 aromatic carbocycles. The fourth-order valence-electron chi connectivity index (χ4n) is 3.19. The summed E-state index contributed by atoms with van der Waals surface area (Å²) < 4.78 is 5.61. The van der Waals surface area contributed by atoms with Crippen LogP contribution in [0.4, 0.5) is 0 Å². The Bertz CT molecular complexity index is 452. The van der Waals surface area contributed by atoms with Gasteiger partial charge in [-0.3, -0.25) is 4.79 Å². The van der Waals surface area contributed by atoms with E-state index in [4.69, 9.17) is 4.74 Å². The summed E-state index contributed by atoms with van der Waals surface area (Å²) in [7, 11) is 2.06. The summed E-state index contributed by atoms with van der Waals surface area (Å²) in [5.74, 6) is 0.307. The van der Waals surface area contributed by atoms with E-state index in [1.165, 1.54) is 12.8 Å². The largest absolute Gasteiger partial charge is 0.464 e. The third-order valence-corrected chi connectivity index (χ3v) is 4.85. The summed E-state index contributed by atoms with van der Waals surface area (Å²) in [5, 5.41) is 0. The highest BCUT2D eigenvalue weighted by Crippen LogP contribution is 2.38. The Balaban J connectivity index is 1.97. The van der Waals surface area contributed by atoms with Gasteiger partial charge in [0.15, 0.2) is 0 Å². The van der Waals surface area contributed by atoms with Gasteiger partial charge < -0.3 is 9.64 Å². The lowest BCUT2D eigenvalue weighted by molar-refractivity contribution is -0.147. The van der Waals surface area contributed by atoms with E-state index in [0.717, 1.165) is 24.9 Å². The van der Waals surface area contributed by atoms with Crippen molar-refractivity contribution in [3.8, 4) is 0 Å². The number of ether oxygens (including phenoxy) is 1. The number of carbonyl (C=O) groups excluding carboxylic acids is 1. The molecule has 1 saturated carbocycles. The fourth-order valence-corrected chi connectivity index (χ4v) is 3.19. The summed E-state index contributed by atoms with van der Waals surface area (Å²) >= 11 is 0. The summed E-state index contributed by atoms with van der Waals surface area (Å²) in [6.45, 7) is 5.55. The number of benzene rings is 1. The maximum Gasteiger partial charge on any atom is 0.313 e. The van der Waals surface area contributed by atoms with E-state index in [9.17, 15) is 4.79 Å². The molecule has 0 saturated heterocycles. The molecule has 0 unspecified atom stereocenters. The summed E-state index contributed by atoms with van der Waals surface area (Å²) in [6.07, 6.45) is 4.75. The quantitative estimate of drug-likeness (QED) is 0.717. The van der Waals surface area contributed by atoms with Crippen LogP contribution in [0.2, 0.25) is 0 Å². The number of nitrogens with zero attached hydrogens (tertiary/aromatic N) is 1. The molecular formula is C19H29NO2. The number of hydrogen-bond donors (Lipinski definition) is 0. The van der Waals surface area contributed by atoms with E-state index in [1.807, 2.05) is 18.2 Å². The molecule has 0 spiro atoms. The van der Waals surface area contributed by atoms with Crippen LogP contribution in [-0.4, -0.2) is 37.1 Å². The Morgan fingerprint density at radius 1 is 1.23 bits per heavy atom. The summed E-state index contributed by atoms with van der Waals surface area (Å²) in [5.41, 5.74) is 1.11. The van der Waals surface area contributed by atoms with Gasteiger partial charge in [0.05, 0.1) is 5.92 Å². The van der Waals surface area contributed by atoms with Crippen LogP contribution >= 0.6 is 0 Å². The van der Waals surface area contributed by atoms with Crippen LogP contribution < -0.4 is 0 Å². The molecule has 3 nitrogen and oxygen atoms in total. The Hall–Kier alpha value is -1.35. The van der Waals surface area contributed by atoms with E-state index in [1.54, 1.807) is 0 Å². The molecule has 0 aliphatic heterocycles. The minimum Gasteiger partial charge on any atom is -0.464 e. The molecule has 1 aliphatic rings. The molecule has 0 radical (unpaired) electrons. The molecule has 3 heteroatoms. The highest BCUT2D eigenvalue weighted by molar-refractivity contribution is 5.78. The Morgan fingerprint density at radius 3 is 2.45 bits per heavy atom. The topological polar surface area (TPSA) is 29.5 Å². The van der Waals surface area contributed by atoms with Crippen molar-refractivity contribution in [3.05, 3.63) is 35.9 Å². The van der Waals surface area contributed by atoms with Gasteiger partial charge >= 0.3 is 5.97 Å². The van der Waals surface area contributed by atoms with Gasteiger partial charge in [-0.2, -0.15) is 0 Å². The minimum atomic E-state index is -0.0898. The Kier molecular flexibility index (Phi) is 6.44. The average molecular weight is 303 g/mol. The zero-order valence-electron chi connectivity index (χ0n) is 14.1. The Labute approximate surface area is 134 Å². The van der Waals surface area contributed by atoms with Crippen molar-refractivity contribution in [3.63, 3.8) is 0 Å². The molecule has 0 N–H and O–H groups in total. The molecule has 0 bridgehead atoms. The first-order valence-electron chi connectivity index (χ1n) is 8.51. The van der Waals surface area contributed by atoms with Crippen molar-refractivity contribution in [2.45, 2.75) is 51.5 Å². The van der Waals surface area contributed by atoms with Crippen LogP contribution in [0.15, 0.2) is 30.3 Å². The lowest BCUT2D eigenvalue weighted by Gasteiger charge is -2.24. The normalized spacial score (nSPS) is 17.1. The number of esters is 1. The lowest BCUT2D eigenvalue weighted by Crippen LogP contribution is -2.31. The maximum atomic E-state index is 12.6. The second-order valence-corrected chi connectivity index (χ2v) is 6.67. The maximum absolute atomic E-state index is 12.6. The van der Waals surface area contributed by atoms with Crippen LogP contribution in [0.3, 0.4) is 0 Å². The van der Waals surface area contributed by atoms with E-state index in [-0.39, 0.29) is 11.9 Å². The first kappa shape index (κ1) is 17.0. The molecule has 1 atom stereocenters. The number of hydrogen-bond acceptors (Lipinski definition) is 3. The van der Waals surface area contributed by atoms with Crippen LogP contribution in [-0.2, 0) is 9.53 Å². The number of rotatable bonds is 7. The molecule has 0 heterocycles. The van der Waals surface area contributed by atoms with E-state index in [0.29, 0.717) is 18.6 Å². The molecule has 0 aromatic heterocycles. The molecule has 1 aromatic rings. The van der Waals surface area contributed by atoms with Crippen molar-refractivity contribution in [1.29, 1.82) is 0 Å². The highest BCUT2D eigenvalue weighted by Gasteiger charge is 2.33.